The van der Waals surface area contributed by atoms with E-state index in [2.05, 4.69) is 17.6 Å². The molecule has 2 amide bonds. The first kappa shape index (κ1) is 23.6. The maximum absolute atomic E-state index is 12.9. The van der Waals surface area contributed by atoms with Gasteiger partial charge in [-0.1, -0.05) is 42.8 Å². The van der Waals surface area contributed by atoms with Crippen molar-refractivity contribution in [2.75, 3.05) is 23.8 Å². The van der Waals surface area contributed by atoms with Crippen LogP contribution in [0.25, 0.3) is 5.69 Å². The Balaban J connectivity index is 1.33. The summed E-state index contributed by atoms with van der Waals surface area (Å²) in [5, 5.41) is 10.8. The quantitative estimate of drug-likeness (QED) is 0.321. The summed E-state index contributed by atoms with van der Waals surface area (Å²) < 4.78 is 13.2. The van der Waals surface area contributed by atoms with Crippen LogP contribution in [0.4, 0.5) is 16.3 Å². The van der Waals surface area contributed by atoms with Gasteiger partial charge in [-0.3, -0.25) is 5.32 Å². The zero-order valence-electron chi connectivity index (χ0n) is 20.5. The minimum atomic E-state index is -0.344. The van der Waals surface area contributed by atoms with Crippen LogP contribution in [0, 0.1) is 6.92 Å². The van der Waals surface area contributed by atoms with Crippen molar-refractivity contribution >= 4 is 17.5 Å². The molecule has 0 spiro atoms. The average Bonchev–Trinajstić information content (AvgIpc) is 3.31. The molecule has 1 aliphatic rings. The molecule has 0 atom stereocenters. The van der Waals surface area contributed by atoms with Crippen LogP contribution in [0.2, 0.25) is 0 Å². The smallest absolute Gasteiger partial charge is 0.324 e. The molecular formula is C29H30N4O3. The highest BCUT2D eigenvalue weighted by atomic mass is 16.5. The predicted molar refractivity (Wildman–Crippen MR) is 141 cm³/mol. The third-order valence-electron chi connectivity index (χ3n) is 6.54. The molecule has 3 aromatic carbocycles. The minimum absolute atomic E-state index is 0.102. The molecule has 1 saturated heterocycles. The summed E-state index contributed by atoms with van der Waals surface area (Å²) in [6.45, 7) is 5.67. The van der Waals surface area contributed by atoms with E-state index in [1.165, 1.54) is 0 Å². The molecule has 5 rings (SSSR count). The lowest BCUT2D eigenvalue weighted by atomic mass is 9.79. The van der Waals surface area contributed by atoms with Gasteiger partial charge in [0.15, 0.2) is 0 Å². The summed E-state index contributed by atoms with van der Waals surface area (Å²) >= 11 is 0. The fourth-order valence-electron chi connectivity index (χ4n) is 4.24. The van der Waals surface area contributed by atoms with Crippen LogP contribution >= 0.6 is 0 Å². The highest BCUT2D eigenvalue weighted by Crippen LogP contribution is 2.35. The average molecular weight is 483 g/mol. The van der Waals surface area contributed by atoms with E-state index in [9.17, 15) is 4.79 Å². The van der Waals surface area contributed by atoms with Gasteiger partial charge in [-0.05, 0) is 68.3 Å². The fraction of sp³-hybridized carbons (Fsp3) is 0.241. The number of hydrogen-bond donors (Lipinski definition) is 2. The lowest BCUT2D eigenvalue weighted by Crippen LogP contribution is -2.31. The van der Waals surface area contributed by atoms with Gasteiger partial charge in [0.1, 0.15) is 17.3 Å². The summed E-state index contributed by atoms with van der Waals surface area (Å²) in [6, 6.07) is 26.6. The van der Waals surface area contributed by atoms with Crippen molar-refractivity contribution in [2.45, 2.75) is 32.1 Å². The number of amides is 2. The Morgan fingerprint density at radius 3 is 2.28 bits per heavy atom. The summed E-state index contributed by atoms with van der Waals surface area (Å²) in [5.41, 5.74) is 3.56. The number of carbonyl (C=O) groups excluding carboxylic acids is 1. The number of anilines is 2. The third kappa shape index (κ3) is 5.42. The van der Waals surface area contributed by atoms with Gasteiger partial charge in [0.05, 0.1) is 11.4 Å². The Morgan fingerprint density at radius 1 is 0.917 bits per heavy atom. The van der Waals surface area contributed by atoms with E-state index < -0.39 is 0 Å². The minimum Gasteiger partial charge on any atom is -0.457 e. The number of hydrogen-bond acceptors (Lipinski definition) is 4. The first-order chi connectivity index (χ1) is 17.5. The number of urea groups is 1. The lowest BCUT2D eigenvalue weighted by molar-refractivity contribution is 0.0549. The van der Waals surface area contributed by atoms with E-state index in [0.717, 1.165) is 35.5 Å². The number of nitrogens with one attached hydrogen (secondary N) is 2. The number of carbonyl (C=O) groups is 1. The van der Waals surface area contributed by atoms with Crippen LogP contribution in [0.1, 0.15) is 31.0 Å². The molecule has 1 fully saturated rings. The number of aromatic nitrogens is 2. The van der Waals surface area contributed by atoms with Crippen molar-refractivity contribution in [3.8, 4) is 17.2 Å². The van der Waals surface area contributed by atoms with Gasteiger partial charge >= 0.3 is 6.03 Å². The van der Waals surface area contributed by atoms with E-state index in [4.69, 9.17) is 14.6 Å². The van der Waals surface area contributed by atoms with E-state index >= 15 is 0 Å². The maximum atomic E-state index is 12.9. The van der Waals surface area contributed by atoms with Gasteiger partial charge in [0, 0.05) is 30.4 Å². The SMILES string of the molecule is Cc1ccc(-n2nc(C3(C)CCOCC3)cc2NC(=O)Nc2ccc(Oc3ccccc3)cc2)cc1. The van der Waals surface area contributed by atoms with E-state index in [-0.39, 0.29) is 11.4 Å². The predicted octanol–water partition coefficient (Wildman–Crippen LogP) is 6.69. The van der Waals surface area contributed by atoms with Crippen LogP contribution in [0.5, 0.6) is 11.5 Å². The van der Waals surface area contributed by atoms with Crippen molar-refractivity contribution in [1.29, 1.82) is 0 Å². The number of aryl methyl sites for hydroxylation is 1. The molecule has 2 N–H and O–H groups in total. The van der Waals surface area contributed by atoms with Crippen molar-refractivity contribution in [3.63, 3.8) is 0 Å². The topological polar surface area (TPSA) is 77.4 Å². The maximum Gasteiger partial charge on any atom is 0.324 e. The largest absolute Gasteiger partial charge is 0.457 e. The fourth-order valence-corrected chi connectivity index (χ4v) is 4.24. The molecule has 4 aromatic rings. The monoisotopic (exact) mass is 482 g/mol. The van der Waals surface area contributed by atoms with Gasteiger partial charge in [-0.2, -0.15) is 5.10 Å². The van der Waals surface area contributed by atoms with Gasteiger partial charge in [-0.15, -0.1) is 0 Å². The van der Waals surface area contributed by atoms with Crippen LogP contribution in [-0.2, 0) is 10.2 Å². The second-order valence-electron chi connectivity index (χ2n) is 9.35. The summed E-state index contributed by atoms with van der Waals surface area (Å²) in [7, 11) is 0. The molecule has 0 aliphatic carbocycles. The molecule has 0 bridgehead atoms. The molecule has 7 nitrogen and oxygen atoms in total. The standard InChI is InChI=1S/C29H30N4O3/c1-21-8-12-23(13-9-21)33-27(20-26(32-33)29(2)16-18-35-19-17-29)31-28(34)30-22-10-14-25(15-11-22)36-24-6-4-3-5-7-24/h3-15,20H,16-19H2,1-2H3,(H2,30,31,34). The zero-order valence-corrected chi connectivity index (χ0v) is 20.5. The number of para-hydroxylation sites is 1. The molecule has 7 heteroatoms. The summed E-state index contributed by atoms with van der Waals surface area (Å²) in [4.78, 5) is 12.9. The molecule has 1 aromatic heterocycles. The van der Waals surface area contributed by atoms with E-state index in [1.54, 1.807) is 4.68 Å². The van der Waals surface area contributed by atoms with Crippen LogP contribution in [-0.4, -0.2) is 29.0 Å². The van der Waals surface area contributed by atoms with Crippen molar-refractivity contribution in [1.82, 2.24) is 9.78 Å². The highest BCUT2D eigenvalue weighted by Gasteiger charge is 2.33. The van der Waals surface area contributed by atoms with Gasteiger partial charge < -0.3 is 14.8 Å². The van der Waals surface area contributed by atoms with Crippen molar-refractivity contribution in [2.24, 2.45) is 0 Å². The second-order valence-corrected chi connectivity index (χ2v) is 9.35. The van der Waals surface area contributed by atoms with Gasteiger partial charge in [0.25, 0.3) is 0 Å². The second kappa shape index (κ2) is 10.3. The van der Waals surface area contributed by atoms with Crippen LogP contribution < -0.4 is 15.4 Å². The van der Waals surface area contributed by atoms with E-state index in [0.29, 0.717) is 30.5 Å². The van der Waals surface area contributed by atoms with Gasteiger partial charge in [-0.25, -0.2) is 9.48 Å². The molecule has 0 radical (unpaired) electrons. The number of rotatable bonds is 6. The first-order valence-corrected chi connectivity index (χ1v) is 12.1. The number of benzene rings is 3. The summed E-state index contributed by atoms with van der Waals surface area (Å²) in [5.74, 6) is 2.07. The molecule has 1 aliphatic heterocycles. The highest BCUT2D eigenvalue weighted by molar-refractivity contribution is 5.99. The van der Waals surface area contributed by atoms with Crippen LogP contribution in [0.15, 0.2) is 84.9 Å². The first-order valence-electron chi connectivity index (χ1n) is 12.1. The molecule has 2 heterocycles. The number of ether oxygens (including phenoxy) is 2. The van der Waals surface area contributed by atoms with E-state index in [1.807, 2.05) is 91.9 Å². The molecule has 0 saturated carbocycles. The van der Waals surface area contributed by atoms with Crippen LogP contribution in [0.3, 0.4) is 0 Å². The Labute approximate surface area is 211 Å². The molecular weight excluding hydrogens is 452 g/mol. The normalized spacial score (nSPS) is 14.7. The Hall–Kier alpha value is -4.10. The van der Waals surface area contributed by atoms with Crippen molar-refractivity contribution in [3.05, 3.63) is 96.2 Å². The zero-order chi connectivity index (χ0) is 25.0. The molecule has 184 valence electrons. The van der Waals surface area contributed by atoms with Crippen molar-refractivity contribution < 1.29 is 14.3 Å². The lowest BCUT2D eigenvalue weighted by Gasteiger charge is -2.31. The molecule has 0 unspecified atom stereocenters. The Kier molecular flexibility index (Phi) is 6.73. The Morgan fingerprint density at radius 2 is 1.58 bits per heavy atom. The summed E-state index contributed by atoms with van der Waals surface area (Å²) in [6.07, 6.45) is 1.78. The van der Waals surface area contributed by atoms with Gasteiger partial charge in [0.2, 0.25) is 0 Å². The third-order valence-corrected chi connectivity index (χ3v) is 6.54. The number of nitrogens with zero attached hydrogens (tertiary/aromatic N) is 2. The Bertz CT molecular complexity index is 1310. The molecule has 36 heavy (non-hydrogen) atoms.